The van der Waals surface area contributed by atoms with Crippen LogP contribution < -0.4 is 5.32 Å². The fourth-order valence-electron chi connectivity index (χ4n) is 2.36. The summed E-state index contributed by atoms with van der Waals surface area (Å²) in [5.41, 5.74) is 4.33. The highest BCUT2D eigenvalue weighted by molar-refractivity contribution is 6.35. The standard InChI is InChI=1S/C14H17ClN2/c1-8(2)12-9(3)17-13-10(14(12)16-4)6-5-7-11(13)15/h5-8H,1-4H3,(H,16,17). The molecule has 0 atom stereocenters. The first-order valence-corrected chi connectivity index (χ1v) is 6.20. The topological polar surface area (TPSA) is 24.9 Å². The Morgan fingerprint density at radius 3 is 2.59 bits per heavy atom. The lowest BCUT2D eigenvalue weighted by atomic mass is 9.97. The summed E-state index contributed by atoms with van der Waals surface area (Å²) in [6.07, 6.45) is 0. The number of halogens is 1. The molecule has 1 N–H and O–H groups in total. The van der Waals surface area contributed by atoms with Crippen LogP contribution in [0, 0.1) is 6.92 Å². The lowest BCUT2D eigenvalue weighted by Crippen LogP contribution is -2.03. The predicted octanol–water partition coefficient (Wildman–Crippen LogP) is 4.36. The van der Waals surface area contributed by atoms with Gasteiger partial charge in [-0.05, 0) is 24.5 Å². The molecule has 2 aromatic rings. The highest BCUT2D eigenvalue weighted by Crippen LogP contribution is 2.35. The molecule has 0 saturated carbocycles. The van der Waals surface area contributed by atoms with Crippen LogP contribution in [-0.2, 0) is 0 Å². The molecular weight excluding hydrogens is 232 g/mol. The number of pyridine rings is 1. The molecule has 0 aliphatic carbocycles. The molecule has 0 bridgehead atoms. The monoisotopic (exact) mass is 248 g/mol. The van der Waals surface area contributed by atoms with Crippen LogP contribution in [0.3, 0.4) is 0 Å². The Balaban J connectivity index is 2.90. The van der Waals surface area contributed by atoms with E-state index in [4.69, 9.17) is 11.6 Å². The minimum atomic E-state index is 0.438. The number of nitrogens with one attached hydrogen (secondary N) is 1. The van der Waals surface area contributed by atoms with Gasteiger partial charge in [0.2, 0.25) is 0 Å². The second-order valence-electron chi connectivity index (χ2n) is 4.53. The second-order valence-corrected chi connectivity index (χ2v) is 4.93. The number of benzene rings is 1. The molecule has 2 rings (SSSR count). The summed E-state index contributed by atoms with van der Waals surface area (Å²) in [5, 5.41) is 5.09. The number of fused-ring (bicyclic) bond motifs is 1. The van der Waals surface area contributed by atoms with Crippen molar-refractivity contribution in [3.8, 4) is 0 Å². The van der Waals surface area contributed by atoms with E-state index in [1.807, 2.05) is 26.1 Å². The average molecular weight is 249 g/mol. The van der Waals surface area contributed by atoms with Gasteiger partial charge in [-0.2, -0.15) is 0 Å². The van der Waals surface area contributed by atoms with Gasteiger partial charge in [-0.3, -0.25) is 4.98 Å². The van der Waals surface area contributed by atoms with Gasteiger partial charge in [0.1, 0.15) is 0 Å². The first-order chi connectivity index (χ1) is 8.06. The van der Waals surface area contributed by atoms with Crippen molar-refractivity contribution in [2.75, 3.05) is 12.4 Å². The number of aromatic nitrogens is 1. The number of aryl methyl sites for hydroxylation is 1. The minimum Gasteiger partial charge on any atom is -0.387 e. The van der Waals surface area contributed by atoms with E-state index >= 15 is 0 Å². The van der Waals surface area contributed by atoms with Gasteiger partial charge in [-0.1, -0.05) is 37.6 Å². The van der Waals surface area contributed by atoms with Crippen LogP contribution >= 0.6 is 11.6 Å². The molecule has 0 aliphatic rings. The normalized spacial score (nSPS) is 11.2. The molecule has 1 aromatic heterocycles. The maximum atomic E-state index is 6.20. The van der Waals surface area contributed by atoms with Gasteiger partial charge in [0.25, 0.3) is 0 Å². The molecule has 0 amide bonds. The van der Waals surface area contributed by atoms with E-state index in [-0.39, 0.29) is 0 Å². The van der Waals surface area contributed by atoms with Gasteiger partial charge in [-0.25, -0.2) is 0 Å². The van der Waals surface area contributed by atoms with Crippen LogP contribution in [0.5, 0.6) is 0 Å². The van der Waals surface area contributed by atoms with E-state index in [0.29, 0.717) is 10.9 Å². The molecular formula is C14H17ClN2. The Morgan fingerprint density at radius 1 is 1.29 bits per heavy atom. The highest BCUT2D eigenvalue weighted by Gasteiger charge is 2.15. The van der Waals surface area contributed by atoms with Crippen molar-refractivity contribution < 1.29 is 0 Å². The first-order valence-electron chi connectivity index (χ1n) is 5.82. The maximum absolute atomic E-state index is 6.20. The Labute approximate surface area is 107 Å². The molecule has 0 fully saturated rings. The smallest absolute Gasteiger partial charge is 0.0912 e. The van der Waals surface area contributed by atoms with Gasteiger partial charge >= 0.3 is 0 Å². The molecule has 0 aliphatic heterocycles. The molecule has 17 heavy (non-hydrogen) atoms. The maximum Gasteiger partial charge on any atom is 0.0912 e. The van der Waals surface area contributed by atoms with E-state index in [1.54, 1.807) is 0 Å². The van der Waals surface area contributed by atoms with E-state index in [0.717, 1.165) is 22.3 Å². The van der Waals surface area contributed by atoms with Crippen LogP contribution in [0.2, 0.25) is 5.02 Å². The summed E-state index contributed by atoms with van der Waals surface area (Å²) in [6, 6.07) is 5.91. The molecule has 1 heterocycles. The van der Waals surface area contributed by atoms with E-state index in [9.17, 15) is 0 Å². The van der Waals surface area contributed by atoms with Crippen LogP contribution in [0.25, 0.3) is 10.9 Å². The third-order valence-corrected chi connectivity index (χ3v) is 3.33. The zero-order valence-electron chi connectivity index (χ0n) is 10.6. The van der Waals surface area contributed by atoms with Crippen molar-refractivity contribution in [1.82, 2.24) is 4.98 Å². The van der Waals surface area contributed by atoms with E-state index < -0.39 is 0 Å². The molecule has 1 aromatic carbocycles. The number of nitrogens with zero attached hydrogens (tertiary/aromatic N) is 1. The lowest BCUT2D eigenvalue weighted by Gasteiger charge is -2.18. The molecule has 3 heteroatoms. The van der Waals surface area contributed by atoms with Crippen LogP contribution in [0.4, 0.5) is 5.69 Å². The summed E-state index contributed by atoms with van der Waals surface area (Å²) >= 11 is 6.20. The zero-order valence-corrected chi connectivity index (χ0v) is 11.4. The molecule has 2 nitrogen and oxygen atoms in total. The summed E-state index contributed by atoms with van der Waals surface area (Å²) in [7, 11) is 1.95. The summed E-state index contributed by atoms with van der Waals surface area (Å²) in [4.78, 5) is 4.63. The molecule has 0 spiro atoms. The predicted molar refractivity (Wildman–Crippen MR) is 75.1 cm³/mol. The highest BCUT2D eigenvalue weighted by atomic mass is 35.5. The SMILES string of the molecule is CNc1c(C(C)C)c(C)nc2c(Cl)cccc12. The fraction of sp³-hybridized carbons (Fsp3) is 0.357. The van der Waals surface area contributed by atoms with Crippen LogP contribution in [0.1, 0.15) is 31.0 Å². The second kappa shape index (κ2) is 4.53. The van der Waals surface area contributed by atoms with E-state index in [2.05, 4.69) is 30.2 Å². The van der Waals surface area contributed by atoms with Gasteiger partial charge in [0.15, 0.2) is 0 Å². The Bertz CT molecular complexity index is 562. The van der Waals surface area contributed by atoms with Crippen LogP contribution in [0.15, 0.2) is 18.2 Å². The Kier molecular flexibility index (Phi) is 3.25. The van der Waals surface area contributed by atoms with Crippen molar-refractivity contribution >= 4 is 28.2 Å². The number of hydrogen-bond donors (Lipinski definition) is 1. The van der Waals surface area contributed by atoms with Gasteiger partial charge < -0.3 is 5.32 Å². The Morgan fingerprint density at radius 2 is 2.00 bits per heavy atom. The number of para-hydroxylation sites is 1. The average Bonchev–Trinajstić information content (AvgIpc) is 2.28. The van der Waals surface area contributed by atoms with Crippen molar-refractivity contribution in [3.63, 3.8) is 0 Å². The van der Waals surface area contributed by atoms with Crippen molar-refractivity contribution in [3.05, 3.63) is 34.5 Å². The molecule has 0 saturated heterocycles. The first kappa shape index (κ1) is 12.2. The van der Waals surface area contributed by atoms with E-state index in [1.165, 1.54) is 5.56 Å². The number of rotatable bonds is 2. The summed E-state index contributed by atoms with van der Waals surface area (Å²) in [5.74, 6) is 0.438. The van der Waals surface area contributed by atoms with Crippen molar-refractivity contribution in [2.24, 2.45) is 0 Å². The van der Waals surface area contributed by atoms with Crippen LogP contribution in [-0.4, -0.2) is 12.0 Å². The number of anilines is 1. The third kappa shape index (κ3) is 1.98. The Hall–Kier alpha value is -1.28. The van der Waals surface area contributed by atoms with Crippen molar-refractivity contribution in [2.45, 2.75) is 26.7 Å². The fourth-order valence-corrected chi connectivity index (χ4v) is 2.58. The number of hydrogen-bond acceptors (Lipinski definition) is 2. The zero-order chi connectivity index (χ0) is 12.6. The lowest BCUT2D eigenvalue weighted by molar-refractivity contribution is 0.849. The molecule has 0 unspecified atom stereocenters. The third-order valence-electron chi connectivity index (χ3n) is 3.02. The minimum absolute atomic E-state index is 0.438. The largest absolute Gasteiger partial charge is 0.387 e. The van der Waals surface area contributed by atoms with Gasteiger partial charge in [0.05, 0.1) is 10.5 Å². The molecule has 0 radical (unpaired) electrons. The van der Waals surface area contributed by atoms with Gasteiger partial charge in [-0.15, -0.1) is 0 Å². The quantitative estimate of drug-likeness (QED) is 0.854. The summed E-state index contributed by atoms with van der Waals surface area (Å²) < 4.78 is 0. The van der Waals surface area contributed by atoms with Crippen molar-refractivity contribution in [1.29, 1.82) is 0 Å². The van der Waals surface area contributed by atoms with Gasteiger partial charge in [0, 0.05) is 23.8 Å². The summed E-state index contributed by atoms with van der Waals surface area (Å²) in [6.45, 7) is 6.40. The molecule has 90 valence electrons.